The minimum atomic E-state index is 0.897. The number of fused-ring (bicyclic) bond motifs is 9. The third kappa shape index (κ3) is 4.99. The van der Waals surface area contributed by atoms with E-state index in [0.29, 0.717) is 0 Å². The van der Waals surface area contributed by atoms with Crippen molar-refractivity contribution in [2.24, 2.45) is 0 Å². The lowest BCUT2D eigenvalue weighted by Crippen LogP contribution is -2.11. The molecule has 0 aliphatic rings. The summed E-state index contributed by atoms with van der Waals surface area (Å²) in [5.41, 5.74) is 13.1. The van der Waals surface area contributed by atoms with Crippen LogP contribution >= 0.6 is 11.3 Å². The monoisotopic (exact) mass is 758 g/mol. The van der Waals surface area contributed by atoms with Crippen LogP contribution in [0.5, 0.6) is 0 Å². The summed E-state index contributed by atoms with van der Waals surface area (Å²) in [6.45, 7) is 0. The largest absolute Gasteiger partial charge is 0.455 e. The fourth-order valence-electron chi connectivity index (χ4n) is 9.06. The van der Waals surface area contributed by atoms with Crippen LogP contribution in [-0.4, -0.2) is 4.57 Å². The van der Waals surface area contributed by atoms with Gasteiger partial charge in [-0.05, 0) is 54.1 Å². The summed E-state index contributed by atoms with van der Waals surface area (Å²) in [4.78, 5) is 2.47. The molecule has 0 saturated heterocycles. The molecule has 0 aliphatic carbocycles. The van der Waals surface area contributed by atoms with Gasteiger partial charge in [0.25, 0.3) is 0 Å². The van der Waals surface area contributed by atoms with Crippen LogP contribution in [0.3, 0.4) is 0 Å². The predicted octanol–water partition coefficient (Wildman–Crippen LogP) is 15.9. The van der Waals surface area contributed by atoms with Gasteiger partial charge in [-0.25, -0.2) is 0 Å². The minimum Gasteiger partial charge on any atom is -0.455 e. The molecule has 0 fully saturated rings. The SMILES string of the molecule is c1ccc(-c2ccccc2N(c2ccc3c4ccccc4n(-c4ccccc4-c4cccc5c4oc4ccccc45)c3c2)c2cccc3c2sc2ccccc23)cc1. The highest BCUT2D eigenvalue weighted by atomic mass is 32.1. The average Bonchev–Trinajstić information content (AvgIpc) is 3.97. The predicted molar refractivity (Wildman–Crippen MR) is 247 cm³/mol. The lowest BCUT2D eigenvalue weighted by atomic mass is 10.0. The van der Waals surface area contributed by atoms with Crippen molar-refractivity contribution in [2.75, 3.05) is 4.90 Å². The van der Waals surface area contributed by atoms with E-state index >= 15 is 0 Å². The number of furan rings is 1. The van der Waals surface area contributed by atoms with Gasteiger partial charge in [0.05, 0.1) is 32.8 Å². The molecule has 58 heavy (non-hydrogen) atoms. The van der Waals surface area contributed by atoms with Crippen molar-refractivity contribution < 1.29 is 4.42 Å². The van der Waals surface area contributed by atoms with Crippen LogP contribution in [0.15, 0.2) is 211 Å². The maximum absolute atomic E-state index is 6.62. The average molecular weight is 759 g/mol. The number of nitrogens with zero attached hydrogens (tertiary/aromatic N) is 2. The number of aromatic nitrogens is 1. The number of benzene rings is 9. The van der Waals surface area contributed by atoms with E-state index < -0.39 is 0 Å². The van der Waals surface area contributed by atoms with Gasteiger partial charge < -0.3 is 13.9 Å². The Bertz CT molecular complexity index is 3540. The maximum atomic E-state index is 6.62. The molecule has 0 unspecified atom stereocenters. The summed E-state index contributed by atoms with van der Waals surface area (Å²) < 4.78 is 11.6. The van der Waals surface area contributed by atoms with Gasteiger partial charge in [0.15, 0.2) is 0 Å². The van der Waals surface area contributed by atoms with E-state index in [4.69, 9.17) is 4.42 Å². The molecule has 9 aromatic carbocycles. The number of thiophene rings is 1. The summed E-state index contributed by atoms with van der Waals surface area (Å²) >= 11 is 1.86. The van der Waals surface area contributed by atoms with E-state index in [1.54, 1.807) is 0 Å². The third-order valence-electron chi connectivity index (χ3n) is 11.6. The van der Waals surface area contributed by atoms with Crippen LogP contribution in [0.1, 0.15) is 0 Å². The Morgan fingerprint density at radius 3 is 1.97 bits per heavy atom. The van der Waals surface area contributed by atoms with Crippen molar-refractivity contribution in [2.45, 2.75) is 0 Å². The second kappa shape index (κ2) is 13.1. The zero-order chi connectivity index (χ0) is 38.2. The van der Waals surface area contributed by atoms with Gasteiger partial charge in [-0.2, -0.15) is 0 Å². The molecular weight excluding hydrogens is 725 g/mol. The first-order chi connectivity index (χ1) is 28.8. The molecule has 12 aromatic rings. The molecular formula is C54H34N2OS. The number of hydrogen-bond donors (Lipinski definition) is 0. The molecule has 0 atom stereocenters. The molecule has 0 radical (unpaired) electrons. The van der Waals surface area contributed by atoms with Gasteiger partial charge in [0.1, 0.15) is 11.2 Å². The first kappa shape index (κ1) is 32.8. The highest BCUT2D eigenvalue weighted by Crippen LogP contribution is 2.48. The molecule has 0 amide bonds. The highest BCUT2D eigenvalue weighted by molar-refractivity contribution is 7.26. The molecule has 4 heteroatoms. The Hall–Kier alpha value is -7.40. The van der Waals surface area contributed by atoms with Crippen LogP contribution in [-0.2, 0) is 0 Å². The van der Waals surface area contributed by atoms with E-state index in [2.05, 4.69) is 210 Å². The van der Waals surface area contributed by atoms with Crippen LogP contribution in [0, 0.1) is 0 Å². The summed E-state index contributed by atoms with van der Waals surface area (Å²) in [5.74, 6) is 0. The normalized spacial score (nSPS) is 11.8. The van der Waals surface area contributed by atoms with Gasteiger partial charge in [0.2, 0.25) is 0 Å². The van der Waals surface area contributed by atoms with Gasteiger partial charge >= 0.3 is 0 Å². The molecule has 3 heterocycles. The molecule has 0 N–H and O–H groups in total. The molecule has 0 bridgehead atoms. The first-order valence-electron chi connectivity index (χ1n) is 19.7. The van der Waals surface area contributed by atoms with Crippen molar-refractivity contribution in [1.29, 1.82) is 0 Å². The molecule has 3 nitrogen and oxygen atoms in total. The third-order valence-corrected chi connectivity index (χ3v) is 12.8. The Labute approximate surface area is 338 Å². The lowest BCUT2D eigenvalue weighted by Gasteiger charge is -2.28. The van der Waals surface area contributed by atoms with Crippen LogP contribution in [0.4, 0.5) is 17.1 Å². The van der Waals surface area contributed by atoms with Crippen molar-refractivity contribution in [1.82, 2.24) is 4.57 Å². The quantitative estimate of drug-likeness (QED) is 0.168. The van der Waals surface area contributed by atoms with Gasteiger partial charge in [-0.15, -0.1) is 11.3 Å². The van der Waals surface area contributed by atoms with Gasteiger partial charge in [0, 0.05) is 59.4 Å². The number of rotatable bonds is 6. The number of anilines is 3. The molecule has 3 aromatic heterocycles. The second-order valence-corrected chi connectivity index (χ2v) is 15.9. The Morgan fingerprint density at radius 2 is 1.05 bits per heavy atom. The van der Waals surface area contributed by atoms with E-state index in [1.165, 1.54) is 42.1 Å². The summed E-state index contributed by atoms with van der Waals surface area (Å²) in [5, 5.41) is 7.21. The zero-order valence-corrected chi connectivity index (χ0v) is 32.2. The van der Waals surface area contributed by atoms with Crippen LogP contribution in [0.25, 0.3) is 91.9 Å². The molecule has 272 valence electrons. The second-order valence-electron chi connectivity index (χ2n) is 14.8. The van der Waals surface area contributed by atoms with Crippen LogP contribution < -0.4 is 4.90 Å². The summed E-state index contributed by atoms with van der Waals surface area (Å²) in [7, 11) is 0. The van der Waals surface area contributed by atoms with Crippen molar-refractivity contribution >= 4 is 92.3 Å². The van der Waals surface area contributed by atoms with E-state index in [-0.39, 0.29) is 0 Å². The Morgan fingerprint density at radius 1 is 0.414 bits per heavy atom. The fraction of sp³-hybridized carbons (Fsp3) is 0. The highest BCUT2D eigenvalue weighted by Gasteiger charge is 2.24. The molecule has 12 rings (SSSR count). The topological polar surface area (TPSA) is 21.3 Å². The van der Waals surface area contributed by atoms with E-state index in [1.807, 2.05) is 17.4 Å². The molecule has 0 spiro atoms. The standard InChI is InChI=1S/C54H34N2OS/c1-2-16-35(17-3-1)37-18-4-9-26-46(37)55(49-29-15-25-45-42-22-8-13-31-52(42)58-54(45)49)36-32-33-40-38-19-5-10-27-47(38)56(50(40)34-36)48-28-11-6-20-39(48)43-23-14-24-44-41-21-7-12-30-51(41)57-53(43)44/h1-34H. The first-order valence-corrected chi connectivity index (χ1v) is 20.5. The summed E-state index contributed by atoms with van der Waals surface area (Å²) in [6, 6.07) is 74.4. The minimum absolute atomic E-state index is 0.897. The Kier molecular flexibility index (Phi) is 7.40. The van der Waals surface area contributed by atoms with Gasteiger partial charge in [-0.1, -0.05) is 158 Å². The Balaban J connectivity index is 1.15. The maximum Gasteiger partial charge on any atom is 0.143 e. The van der Waals surface area contributed by atoms with Crippen molar-refractivity contribution in [3.05, 3.63) is 206 Å². The van der Waals surface area contributed by atoms with Crippen molar-refractivity contribution in [3.63, 3.8) is 0 Å². The van der Waals surface area contributed by atoms with Crippen molar-refractivity contribution in [3.8, 4) is 27.9 Å². The van der Waals surface area contributed by atoms with E-state index in [9.17, 15) is 0 Å². The molecule has 0 aliphatic heterocycles. The van der Waals surface area contributed by atoms with E-state index in [0.717, 1.165) is 66.8 Å². The smallest absolute Gasteiger partial charge is 0.143 e. The lowest BCUT2D eigenvalue weighted by molar-refractivity contribution is 0.670. The molecule has 0 saturated carbocycles. The zero-order valence-electron chi connectivity index (χ0n) is 31.3. The number of hydrogen-bond acceptors (Lipinski definition) is 3. The summed E-state index contributed by atoms with van der Waals surface area (Å²) in [6.07, 6.45) is 0. The fourth-order valence-corrected chi connectivity index (χ4v) is 10.3. The number of para-hydroxylation sites is 5. The van der Waals surface area contributed by atoms with Gasteiger partial charge in [-0.3, -0.25) is 0 Å². The van der Waals surface area contributed by atoms with Crippen LogP contribution in [0.2, 0.25) is 0 Å².